The summed E-state index contributed by atoms with van der Waals surface area (Å²) in [5.74, 6) is 1.11. The van der Waals surface area contributed by atoms with Crippen LogP contribution in [0, 0.1) is 0 Å². The predicted octanol–water partition coefficient (Wildman–Crippen LogP) is 2.18. The first-order chi connectivity index (χ1) is 6.31. The molecule has 2 heteroatoms. The lowest BCUT2D eigenvalue weighted by molar-refractivity contribution is 0.262. The molecule has 0 bridgehead atoms. The van der Waals surface area contributed by atoms with Gasteiger partial charge in [0.1, 0.15) is 5.75 Å². The number of rotatable bonds is 4. The fourth-order valence-corrected chi connectivity index (χ4v) is 1.35. The number of hydrogen-bond donors (Lipinski definition) is 1. The van der Waals surface area contributed by atoms with Crippen molar-refractivity contribution in [3.63, 3.8) is 0 Å². The minimum absolute atomic E-state index is 0.211. The Morgan fingerprint density at radius 3 is 2.31 bits per heavy atom. The van der Waals surface area contributed by atoms with Crippen LogP contribution >= 0.6 is 0 Å². The van der Waals surface area contributed by atoms with Crippen LogP contribution in [-0.4, -0.2) is 18.8 Å². The Morgan fingerprint density at radius 2 is 1.92 bits per heavy atom. The predicted molar refractivity (Wildman–Crippen MR) is 53.1 cm³/mol. The number of hydrogen-bond acceptors (Lipinski definition) is 2. The van der Waals surface area contributed by atoms with Gasteiger partial charge in [-0.05, 0) is 24.1 Å². The van der Waals surface area contributed by atoms with E-state index in [1.54, 1.807) is 7.11 Å². The molecule has 0 aliphatic carbocycles. The van der Waals surface area contributed by atoms with Gasteiger partial charge in [0.05, 0.1) is 7.11 Å². The van der Waals surface area contributed by atoms with Crippen molar-refractivity contribution < 1.29 is 9.84 Å². The van der Waals surface area contributed by atoms with Crippen molar-refractivity contribution in [1.29, 1.82) is 0 Å². The van der Waals surface area contributed by atoms with Crippen molar-refractivity contribution >= 4 is 0 Å². The molecule has 0 amide bonds. The average Bonchev–Trinajstić information content (AvgIpc) is 2.21. The summed E-state index contributed by atoms with van der Waals surface area (Å²) in [6, 6.07) is 7.85. The summed E-state index contributed by atoms with van der Waals surface area (Å²) >= 11 is 0. The summed E-state index contributed by atoms with van der Waals surface area (Å²) in [6.07, 6.45) is 0.961. The minimum Gasteiger partial charge on any atom is -0.497 e. The van der Waals surface area contributed by atoms with Gasteiger partial charge in [-0.25, -0.2) is 0 Å². The maximum Gasteiger partial charge on any atom is 0.118 e. The number of ether oxygens (including phenoxy) is 1. The lowest BCUT2D eigenvalue weighted by Gasteiger charge is -2.11. The molecule has 0 aromatic heterocycles. The first-order valence-corrected chi connectivity index (χ1v) is 4.56. The highest BCUT2D eigenvalue weighted by atomic mass is 16.5. The number of aliphatic hydroxyl groups is 1. The van der Waals surface area contributed by atoms with Crippen LogP contribution < -0.4 is 4.74 Å². The zero-order valence-electron chi connectivity index (χ0n) is 8.16. The van der Waals surface area contributed by atoms with Gasteiger partial charge in [-0.2, -0.15) is 0 Å². The quantitative estimate of drug-likeness (QED) is 0.769. The van der Waals surface area contributed by atoms with Crippen LogP contribution in [0.5, 0.6) is 5.75 Å². The Morgan fingerprint density at radius 1 is 1.31 bits per heavy atom. The van der Waals surface area contributed by atoms with Gasteiger partial charge < -0.3 is 9.84 Å². The molecule has 72 valence electrons. The normalized spacial score (nSPS) is 12.5. The van der Waals surface area contributed by atoms with E-state index in [0.29, 0.717) is 0 Å². The molecule has 0 fully saturated rings. The Balaban J connectivity index is 2.78. The molecule has 0 spiro atoms. The van der Waals surface area contributed by atoms with Crippen molar-refractivity contribution in [3.8, 4) is 5.75 Å². The summed E-state index contributed by atoms with van der Waals surface area (Å²) < 4.78 is 5.05. The van der Waals surface area contributed by atoms with Crippen LogP contribution in [0.4, 0.5) is 0 Å². The maximum atomic E-state index is 9.07. The Labute approximate surface area is 79.2 Å². The van der Waals surface area contributed by atoms with E-state index in [4.69, 9.17) is 9.84 Å². The van der Waals surface area contributed by atoms with Crippen molar-refractivity contribution in [2.45, 2.75) is 19.3 Å². The van der Waals surface area contributed by atoms with Gasteiger partial charge in [0, 0.05) is 12.5 Å². The van der Waals surface area contributed by atoms with Crippen LogP contribution in [0.2, 0.25) is 0 Å². The van der Waals surface area contributed by atoms with Crippen molar-refractivity contribution in [2.75, 3.05) is 13.7 Å². The molecule has 2 nitrogen and oxygen atoms in total. The highest BCUT2D eigenvalue weighted by molar-refractivity contribution is 5.29. The van der Waals surface area contributed by atoms with Gasteiger partial charge in [-0.1, -0.05) is 19.1 Å². The highest BCUT2D eigenvalue weighted by Crippen LogP contribution is 2.21. The molecular formula is C11H16O2. The summed E-state index contributed by atoms with van der Waals surface area (Å²) in [5.41, 5.74) is 1.17. The van der Waals surface area contributed by atoms with Crippen LogP contribution in [0.1, 0.15) is 24.8 Å². The molecule has 0 radical (unpaired) electrons. The van der Waals surface area contributed by atoms with E-state index >= 15 is 0 Å². The topological polar surface area (TPSA) is 29.5 Å². The molecule has 13 heavy (non-hydrogen) atoms. The van der Waals surface area contributed by atoms with E-state index in [-0.39, 0.29) is 12.5 Å². The number of methoxy groups -OCH3 is 1. The lowest BCUT2D eigenvalue weighted by atomic mass is 9.97. The minimum atomic E-state index is 0.211. The van der Waals surface area contributed by atoms with Gasteiger partial charge in [0.25, 0.3) is 0 Å². The van der Waals surface area contributed by atoms with Crippen LogP contribution in [0.25, 0.3) is 0 Å². The van der Waals surface area contributed by atoms with Gasteiger partial charge in [-0.15, -0.1) is 0 Å². The maximum absolute atomic E-state index is 9.07. The lowest BCUT2D eigenvalue weighted by Crippen LogP contribution is -2.02. The molecule has 0 saturated heterocycles. The van der Waals surface area contributed by atoms with Crippen LogP contribution in [-0.2, 0) is 0 Å². The van der Waals surface area contributed by atoms with Gasteiger partial charge in [-0.3, -0.25) is 0 Å². The third kappa shape index (κ3) is 2.46. The van der Waals surface area contributed by atoms with Crippen molar-refractivity contribution in [1.82, 2.24) is 0 Å². The Bertz CT molecular complexity index is 237. The molecule has 1 rings (SSSR count). The van der Waals surface area contributed by atoms with Gasteiger partial charge in [0.2, 0.25) is 0 Å². The summed E-state index contributed by atoms with van der Waals surface area (Å²) in [7, 11) is 1.65. The monoisotopic (exact) mass is 180 g/mol. The molecule has 1 aromatic rings. The molecule has 1 aromatic carbocycles. The summed E-state index contributed by atoms with van der Waals surface area (Å²) in [5, 5.41) is 9.07. The van der Waals surface area contributed by atoms with Crippen molar-refractivity contribution in [3.05, 3.63) is 29.8 Å². The molecule has 0 saturated carbocycles. The van der Waals surface area contributed by atoms with Crippen molar-refractivity contribution in [2.24, 2.45) is 0 Å². The number of aliphatic hydroxyl groups excluding tert-OH is 1. The van der Waals surface area contributed by atoms with E-state index in [9.17, 15) is 0 Å². The summed E-state index contributed by atoms with van der Waals surface area (Å²) in [4.78, 5) is 0. The van der Waals surface area contributed by atoms with E-state index in [0.717, 1.165) is 12.2 Å². The SMILES string of the molecule is CC[C@@H](CO)c1ccc(OC)cc1. The third-order valence-electron chi connectivity index (χ3n) is 2.30. The molecular weight excluding hydrogens is 164 g/mol. The first-order valence-electron chi connectivity index (χ1n) is 4.56. The van der Waals surface area contributed by atoms with E-state index in [2.05, 4.69) is 6.92 Å². The summed E-state index contributed by atoms with van der Waals surface area (Å²) in [6.45, 7) is 2.29. The van der Waals surface area contributed by atoms with Crippen LogP contribution in [0.3, 0.4) is 0 Å². The largest absolute Gasteiger partial charge is 0.497 e. The fourth-order valence-electron chi connectivity index (χ4n) is 1.35. The van der Waals surface area contributed by atoms with Crippen LogP contribution in [0.15, 0.2) is 24.3 Å². The van der Waals surface area contributed by atoms with E-state index in [1.165, 1.54) is 5.56 Å². The molecule has 0 unspecified atom stereocenters. The highest BCUT2D eigenvalue weighted by Gasteiger charge is 2.06. The Hall–Kier alpha value is -1.02. The average molecular weight is 180 g/mol. The molecule has 1 atom stereocenters. The van der Waals surface area contributed by atoms with Gasteiger partial charge in [0.15, 0.2) is 0 Å². The fraction of sp³-hybridized carbons (Fsp3) is 0.455. The first kappa shape index (κ1) is 10.1. The second-order valence-corrected chi connectivity index (χ2v) is 3.06. The molecule has 1 N–H and O–H groups in total. The zero-order chi connectivity index (χ0) is 9.68. The second-order valence-electron chi connectivity index (χ2n) is 3.06. The van der Waals surface area contributed by atoms with E-state index in [1.807, 2.05) is 24.3 Å². The standard InChI is InChI=1S/C11H16O2/c1-3-9(8-12)10-4-6-11(13-2)7-5-10/h4-7,9,12H,3,8H2,1-2H3/t9-/m0/s1. The molecule has 0 aliphatic rings. The number of benzene rings is 1. The van der Waals surface area contributed by atoms with E-state index < -0.39 is 0 Å². The smallest absolute Gasteiger partial charge is 0.118 e. The second kappa shape index (κ2) is 4.87. The molecule has 0 heterocycles. The molecule has 0 aliphatic heterocycles. The third-order valence-corrected chi connectivity index (χ3v) is 2.30. The van der Waals surface area contributed by atoms with Gasteiger partial charge >= 0.3 is 0 Å². The Kier molecular flexibility index (Phi) is 3.77. The zero-order valence-corrected chi connectivity index (χ0v) is 8.16.